The largest absolute Gasteiger partial charge is 0.456 e. The second-order valence-corrected chi connectivity index (χ2v) is 10.1. The summed E-state index contributed by atoms with van der Waals surface area (Å²) in [5.74, 6) is -3.40. The molecule has 2 aliphatic rings. The van der Waals surface area contributed by atoms with Crippen molar-refractivity contribution in [2.45, 2.75) is 44.3 Å². The maximum atomic E-state index is 14.6. The number of nitrogens with two attached hydrogens (primary N) is 1. The van der Waals surface area contributed by atoms with Crippen LogP contribution in [0.2, 0.25) is 0 Å². The Labute approximate surface area is 226 Å². The summed E-state index contributed by atoms with van der Waals surface area (Å²) >= 11 is 0. The first-order chi connectivity index (χ1) is 18.9. The summed E-state index contributed by atoms with van der Waals surface area (Å²) in [5, 5.41) is 5.14. The highest BCUT2D eigenvalue weighted by molar-refractivity contribution is 6.06. The normalized spacial score (nSPS) is 17.9. The van der Waals surface area contributed by atoms with Crippen LogP contribution in [0.4, 0.5) is 27.6 Å². The Morgan fingerprint density at radius 1 is 1.05 bits per heavy atom. The van der Waals surface area contributed by atoms with E-state index < -0.39 is 46.8 Å². The number of halogens is 5. The van der Waals surface area contributed by atoms with Crippen molar-refractivity contribution in [2.75, 3.05) is 11.9 Å². The number of alkyl halides is 3. The molecule has 210 valence electrons. The molecule has 1 saturated carbocycles. The third-order valence-electron chi connectivity index (χ3n) is 7.21. The fourth-order valence-electron chi connectivity index (χ4n) is 4.93. The summed E-state index contributed by atoms with van der Waals surface area (Å²) in [6, 6.07) is 8.20. The Hall–Kier alpha value is -3.99. The molecule has 1 aliphatic carbocycles. The molecule has 5 rings (SSSR count). The zero-order valence-electron chi connectivity index (χ0n) is 21.4. The van der Waals surface area contributed by atoms with E-state index in [9.17, 15) is 31.5 Å². The average Bonchev–Trinajstić information content (AvgIpc) is 3.65. The van der Waals surface area contributed by atoms with Gasteiger partial charge in [-0.2, -0.15) is 13.2 Å². The zero-order valence-corrected chi connectivity index (χ0v) is 21.4. The van der Waals surface area contributed by atoms with Crippen molar-refractivity contribution in [3.05, 3.63) is 88.0 Å². The lowest BCUT2D eigenvalue weighted by Gasteiger charge is -2.20. The van der Waals surface area contributed by atoms with Crippen LogP contribution in [0.15, 0.2) is 48.5 Å². The first-order valence-corrected chi connectivity index (χ1v) is 12.8. The second-order valence-electron chi connectivity index (χ2n) is 10.1. The van der Waals surface area contributed by atoms with Crippen molar-refractivity contribution in [2.24, 2.45) is 11.7 Å². The first kappa shape index (κ1) is 27.6. The minimum atomic E-state index is -4.73. The molecular formula is C29H26F5N3O3. The Bertz CT molecular complexity index is 1490. The first-order valence-electron chi connectivity index (χ1n) is 12.8. The van der Waals surface area contributed by atoms with Gasteiger partial charge in [0.25, 0.3) is 5.91 Å². The molecule has 6 nitrogen and oxygen atoms in total. The minimum absolute atomic E-state index is 0.0154. The maximum absolute atomic E-state index is 14.6. The van der Waals surface area contributed by atoms with Gasteiger partial charge < -0.3 is 21.1 Å². The molecule has 4 N–H and O–H groups in total. The smallest absolute Gasteiger partial charge is 0.416 e. The van der Waals surface area contributed by atoms with E-state index >= 15 is 0 Å². The van der Waals surface area contributed by atoms with Crippen molar-refractivity contribution in [3.8, 4) is 11.5 Å². The fraction of sp³-hybridized carbons (Fsp3) is 0.310. The summed E-state index contributed by atoms with van der Waals surface area (Å²) in [6.07, 6.45) is -3.18. The predicted octanol–water partition coefficient (Wildman–Crippen LogP) is 6.35. The molecule has 0 radical (unpaired) electrons. The topological polar surface area (TPSA) is 93.4 Å². The van der Waals surface area contributed by atoms with Gasteiger partial charge in [-0.05, 0) is 91.8 Å². The summed E-state index contributed by atoms with van der Waals surface area (Å²) in [4.78, 5) is 25.5. The molecule has 40 heavy (non-hydrogen) atoms. The van der Waals surface area contributed by atoms with Crippen molar-refractivity contribution < 1.29 is 36.3 Å². The molecule has 3 aromatic rings. The molecule has 2 fully saturated rings. The molecule has 3 aromatic carbocycles. The monoisotopic (exact) mass is 559 g/mol. The van der Waals surface area contributed by atoms with E-state index in [-0.39, 0.29) is 40.1 Å². The zero-order chi connectivity index (χ0) is 28.8. The van der Waals surface area contributed by atoms with E-state index in [1.807, 2.05) is 0 Å². The van der Waals surface area contributed by atoms with Crippen LogP contribution in [0.1, 0.15) is 63.8 Å². The number of rotatable bonds is 7. The van der Waals surface area contributed by atoms with Gasteiger partial charge in [0.2, 0.25) is 5.91 Å². The molecule has 1 aliphatic heterocycles. The van der Waals surface area contributed by atoms with E-state index in [4.69, 9.17) is 10.5 Å². The van der Waals surface area contributed by atoms with Gasteiger partial charge in [-0.15, -0.1) is 0 Å². The van der Waals surface area contributed by atoms with Gasteiger partial charge in [0.1, 0.15) is 23.1 Å². The Kier molecular flexibility index (Phi) is 7.26. The van der Waals surface area contributed by atoms with E-state index in [0.29, 0.717) is 31.4 Å². The van der Waals surface area contributed by atoms with E-state index in [1.165, 1.54) is 30.3 Å². The number of amides is 2. The number of benzene rings is 3. The van der Waals surface area contributed by atoms with Crippen molar-refractivity contribution in [3.63, 3.8) is 0 Å². The lowest BCUT2D eigenvalue weighted by Crippen LogP contribution is -2.29. The summed E-state index contributed by atoms with van der Waals surface area (Å²) in [7, 11) is 0. The summed E-state index contributed by atoms with van der Waals surface area (Å²) in [6.45, 7) is 1.97. The Morgan fingerprint density at radius 3 is 2.42 bits per heavy atom. The SMILES string of the molecule is Cc1cc(F)ccc1Oc1cc(C2CC2)c(C(F)(F)F)cc1C(=O)Nc1ccc(F)c(C(N)C2CCNC2=O)c1. The van der Waals surface area contributed by atoms with Gasteiger partial charge in [0.15, 0.2) is 0 Å². The summed E-state index contributed by atoms with van der Waals surface area (Å²) < 4.78 is 76.3. The maximum Gasteiger partial charge on any atom is 0.416 e. The van der Waals surface area contributed by atoms with E-state index in [1.54, 1.807) is 6.92 Å². The molecular weight excluding hydrogens is 533 g/mol. The number of aryl methyl sites for hydroxylation is 1. The lowest BCUT2D eigenvalue weighted by atomic mass is 9.92. The van der Waals surface area contributed by atoms with Gasteiger partial charge in [-0.3, -0.25) is 9.59 Å². The molecule has 0 bridgehead atoms. The van der Waals surface area contributed by atoms with Crippen LogP contribution >= 0.6 is 0 Å². The molecule has 1 heterocycles. The predicted molar refractivity (Wildman–Crippen MR) is 137 cm³/mol. The van der Waals surface area contributed by atoms with Crippen LogP contribution in [-0.2, 0) is 11.0 Å². The number of nitrogens with one attached hydrogen (secondary N) is 2. The van der Waals surface area contributed by atoms with Crippen molar-refractivity contribution in [1.82, 2.24) is 5.32 Å². The number of carbonyl (C=O) groups excluding carboxylic acids is 2. The minimum Gasteiger partial charge on any atom is -0.456 e. The highest BCUT2D eigenvalue weighted by atomic mass is 19.4. The standard InChI is InChI=1S/C29H26F5N3O3/c1-14-10-16(30)4-7-24(14)40-25-13-19(15-2-3-15)22(29(32,33)34)12-21(25)28(39)37-17-5-6-23(31)20(11-17)26(35)18-8-9-36-27(18)38/h4-7,10-13,15,18,26H,2-3,8-9,35H2,1H3,(H,36,38)(H,37,39). The molecule has 2 atom stereocenters. The summed E-state index contributed by atoms with van der Waals surface area (Å²) in [5.41, 5.74) is 5.26. The fourth-order valence-corrected chi connectivity index (χ4v) is 4.93. The number of carbonyl (C=O) groups is 2. The van der Waals surface area contributed by atoms with Crippen LogP contribution in [0.5, 0.6) is 11.5 Å². The van der Waals surface area contributed by atoms with Crippen molar-refractivity contribution in [1.29, 1.82) is 0 Å². The number of hydrogen-bond acceptors (Lipinski definition) is 4. The Morgan fingerprint density at radius 2 is 1.80 bits per heavy atom. The molecule has 2 amide bonds. The van der Waals surface area contributed by atoms with Crippen LogP contribution in [0, 0.1) is 24.5 Å². The van der Waals surface area contributed by atoms with Gasteiger partial charge in [0.05, 0.1) is 17.0 Å². The van der Waals surface area contributed by atoms with Gasteiger partial charge in [0, 0.05) is 23.8 Å². The molecule has 0 aromatic heterocycles. The highest BCUT2D eigenvalue weighted by Gasteiger charge is 2.40. The van der Waals surface area contributed by atoms with Gasteiger partial charge >= 0.3 is 6.18 Å². The number of anilines is 1. The lowest BCUT2D eigenvalue weighted by molar-refractivity contribution is -0.138. The molecule has 2 unspecified atom stereocenters. The van der Waals surface area contributed by atoms with Gasteiger partial charge in [-0.25, -0.2) is 8.78 Å². The quantitative estimate of drug-likeness (QED) is 0.294. The van der Waals surface area contributed by atoms with E-state index in [0.717, 1.165) is 18.2 Å². The van der Waals surface area contributed by atoms with Gasteiger partial charge in [-0.1, -0.05) is 0 Å². The van der Waals surface area contributed by atoms with Crippen LogP contribution in [0.25, 0.3) is 0 Å². The molecule has 0 spiro atoms. The Balaban J connectivity index is 1.52. The molecule has 1 saturated heterocycles. The highest BCUT2D eigenvalue weighted by Crippen LogP contribution is 2.48. The third-order valence-corrected chi connectivity index (χ3v) is 7.21. The van der Waals surface area contributed by atoms with Crippen molar-refractivity contribution >= 4 is 17.5 Å². The van der Waals surface area contributed by atoms with Crippen LogP contribution in [0.3, 0.4) is 0 Å². The van der Waals surface area contributed by atoms with Crippen LogP contribution < -0.4 is 21.1 Å². The third kappa shape index (κ3) is 5.65. The average molecular weight is 560 g/mol. The molecule has 11 heteroatoms. The second kappa shape index (κ2) is 10.5. The number of ether oxygens (including phenoxy) is 1. The van der Waals surface area contributed by atoms with E-state index in [2.05, 4.69) is 10.6 Å². The number of hydrogen-bond donors (Lipinski definition) is 3. The van der Waals surface area contributed by atoms with Crippen LogP contribution in [-0.4, -0.2) is 18.4 Å².